The van der Waals surface area contributed by atoms with Gasteiger partial charge in [-0.1, -0.05) is 25.1 Å². The smallest absolute Gasteiger partial charge is 0.263 e. The van der Waals surface area contributed by atoms with Crippen molar-refractivity contribution in [2.24, 2.45) is 0 Å². The maximum atomic E-state index is 12.2. The molecule has 0 atom stereocenters. The first-order valence-corrected chi connectivity index (χ1v) is 8.79. The molecule has 1 N–H and O–H groups in total. The van der Waals surface area contributed by atoms with Crippen molar-refractivity contribution in [1.82, 2.24) is 14.9 Å². The van der Waals surface area contributed by atoms with Crippen LogP contribution >= 0.6 is 11.3 Å². The molecular formula is C18H21N3OS. The van der Waals surface area contributed by atoms with Gasteiger partial charge in [0.25, 0.3) is 5.91 Å². The van der Waals surface area contributed by atoms with Gasteiger partial charge < -0.3 is 9.88 Å². The van der Waals surface area contributed by atoms with Crippen molar-refractivity contribution >= 4 is 28.1 Å². The van der Waals surface area contributed by atoms with Crippen LogP contribution in [0.5, 0.6) is 0 Å². The molecular weight excluding hydrogens is 306 g/mol. The van der Waals surface area contributed by atoms with E-state index in [1.807, 2.05) is 6.92 Å². The van der Waals surface area contributed by atoms with Crippen LogP contribution in [0.15, 0.2) is 36.5 Å². The highest BCUT2D eigenvalue weighted by atomic mass is 32.1. The molecule has 2 heterocycles. The second kappa shape index (κ2) is 6.96. The van der Waals surface area contributed by atoms with E-state index in [4.69, 9.17) is 0 Å². The van der Waals surface area contributed by atoms with Gasteiger partial charge in [-0.25, -0.2) is 4.98 Å². The lowest BCUT2D eigenvalue weighted by Crippen LogP contribution is -2.25. The van der Waals surface area contributed by atoms with Crippen LogP contribution < -0.4 is 5.32 Å². The first-order valence-electron chi connectivity index (χ1n) is 7.97. The minimum atomic E-state index is -0.00272. The van der Waals surface area contributed by atoms with Gasteiger partial charge in [-0.15, -0.1) is 11.3 Å². The van der Waals surface area contributed by atoms with Crippen molar-refractivity contribution in [3.63, 3.8) is 0 Å². The summed E-state index contributed by atoms with van der Waals surface area (Å²) >= 11 is 1.50. The Balaban J connectivity index is 1.53. The summed E-state index contributed by atoms with van der Waals surface area (Å²) in [5, 5.41) is 5.28. The number of carbonyl (C=O) groups is 1. The van der Waals surface area contributed by atoms with Crippen LogP contribution in [0, 0.1) is 6.92 Å². The summed E-state index contributed by atoms with van der Waals surface area (Å²) in [4.78, 5) is 17.4. The zero-order chi connectivity index (χ0) is 16.2. The largest absolute Gasteiger partial charge is 0.351 e. The Morgan fingerprint density at radius 2 is 2.13 bits per heavy atom. The third-order valence-corrected chi connectivity index (χ3v) is 5.19. The number of benzene rings is 1. The average Bonchev–Trinajstić information content (AvgIpc) is 3.15. The van der Waals surface area contributed by atoms with Crippen molar-refractivity contribution in [3.05, 3.63) is 52.1 Å². The van der Waals surface area contributed by atoms with E-state index in [2.05, 4.69) is 58.3 Å². The van der Waals surface area contributed by atoms with Gasteiger partial charge in [0.2, 0.25) is 0 Å². The van der Waals surface area contributed by atoms with E-state index in [1.165, 1.54) is 22.2 Å². The summed E-state index contributed by atoms with van der Waals surface area (Å²) in [5.74, 6) is -0.00272. The molecule has 2 aromatic heterocycles. The summed E-state index contributed by atoms with van der Waals surface area (Å²) in [6.07, 6.45) is 3.88. The normalized spacial score (nSPS) is 11.0. The first-order chi connectivity index (χ1) is 11.2. The van der Waals surface area contributed by atoms with Crippen molar-refractivity contribution in [2.45, 2.75) is 33.2 Å². The van der Waals surface area contributed by atoms with Crippen molar-refractivity contribution in [3.8, 4) is 0 Å². The van der Waals surface area contributed by atoms with Crippen molar-refractivity contribution in [1.29, 1.82) is 0 Å². The number of carbonyl (C=O) groups excluding carboxylic acids is 1. The number of aromatic nitrogens is 2. The van der Waals surface area contributed by atoms with Crippen LogP contribution in [-0.4, -0.2) is 22.0 Å². The van der Waals surface area contributed by atoms with Gasteiger partial charge in [0, 0.05) is 24.8 Å². The standard InChI is InChI=1S/C18H21N3OS/c1-3-16-20-13(2)17(23-16)18(22)19-10-6-11-21-12-9-14-7-4-5-8-15(14)21/h4-5,7-9,12H,3,6,10-11H2,1-2H3,(H,19,22). The number of nitrogens with one attached hydrogen (secondary N) is 1. The van der Waals surface area contributed by atoms with Gasteiger partial charge in [0.15, 0.2) is 0 Å². The number of fused-ring (bicyclic) bond motifs is 1. The molecule has 0 saturated heterocycles. The quantitative estimate of drug-likeness (QED) is 0.700. The molecule has 1 amide bonds. The van der Waals surface area contributed by atoms with E-state index in [0.717, 1.165) is 35.0 Å². The van der Waals surface area contributed by atoms with Crippen molar-refractivity contribution in [2.75, 3.05) is 6.54 Å². The SMILES string of the molecule is CCc1nc(C)c(C(=O)NCCCn2ccc3ccccc32)s1. The number of para-hydroxylation sites is 1. The summed E-state index contributed by atoms with van der Waals surface area (Å²) in [5.41, 5.74) is 2.07. The Labute approximate surface area is 140 Å². The Kier molecular flexibility index (Phi) is 4.76. The van der Waals surface area contributed by atoms with Crippen LogP contribution in [0.3, 0.4) is 0 Å². The molecule has 3 rings (SSSR count). The third-order valence-electron chi connectivity index (χ3n) is 3.89. The van der Waals surface area contributed by atoms with Crippen LogP contribution in [0.4, 0.5) is 0 Å². The minimum absolute atomic E-state index is 0.00272. The summed E-state index contributed by atoms with van der Waals surface area (Å²) in [6.45, 7) is 5.53. The summed E-state index contributed by atoms with van der Waals surface area (Å²) in [6, 6.07) is 10.5. The van der Waals surface area contributed by atoms with Gasteiger partial charge in [-0.3, -0.25) is 4.79 Å². The van der Waals surface area contributed by atoms with Gasteiger partial charge >= 0.3 is 0 Å². The molecule has 0 aliphatic rings. The van der Waals surface area contributed by atoms with E-state index in [-0.39, 0.29) is 5.91 Å². The lowest BCUT2D eigenvalue weighted by Gasteiger charge is -2.07. The molecule has 0 aliphatic carbocycles. The van der Waals surface area contributed by atoms with Gasteiger partial charge in [0.1, 0.15) is 4.88 Å². The molecule has 3 aromatic rings. The maximum Gasteiger partial charge on any atom is 0.263 e. The Bertz CT molecular complexity index is 819. The molecule has 0 saturated carbocycles. The molecule has 23 heavy (non-hydrogen) atoms. The van der Waals surface area contributed by atoms with Crippen LogP contribution in [0.25, 0.3) is 10.9 Å². The average molecular weight is 327 g/mol. The lowest BCUT2D eigenvalue weighted by atomic mass is 10.2. The molecule has 0 aliphatic heterocycles. The highest BCUT2D eigenvalue weighted by molar-refractivity contribution is 7.13. The second-order valence-electron chi connectivity index (χ2n) is 5.55. The highest BCUT2D eigenvalue weighted by Crippen LogP contribution is 2.18. The fraction of sp³-hybridized carbons (Fsp3) is 0.333. The number of rotatable bonds is 6. The Morgan fingerprint density at radius 1 is 1.30 bits per heavy atom. The third kappa shape index (κ3) is 3.45. The number of amides is 1. The first kappa shape index (κ1) is 15.7. The molecule has 0 unspecified atom stereocenters. The van der Waals surface area contributed by atoms with Crippen molar-refractivity contribution < 1.29 is 4.79 Å². The monoisotopic (exact) mass is 327 g/mol. The second-order valence-corrected chi connectivity index (χ2v) is 6.64. The van der Waals surface area contributed by atoms with E-state index >= 15 is 0 Å². The molecule has 4 nitrogen and oxygen atoms in total. The molecule has 0 radical (unpaired) electrons. The van der Waals surface area contributed by atoms with Crippen LogP contribution in [-0.2, 0) is 13.0 Å². The molecule has 0 bridgehead atoms. The maximum absolute atomic E-state index is 12.2. The number of hydrogen-bond acceptors (Lipinski definition) is 3. The molecule has 120 valence electrons. The van der Waals surface area contributed by atoms with E-state index in [1.54, 1.807) is 0 Å². The Hall–Kier alpha value is -2.14. The molecule has 0 fully saturated rings. The minimum Gasteiger partial charge on any atom is -0.351 e. The predicted octanol–water partition coefficient (Wildman–Crippen LogP) is 3.79. The number of thiazole rings is 1. The van der Waals surface area contributed by atoms with Gasteiger partial charge in [-0.2, -0.15) is 0 Å². The van der Waals surface area contributed by atoms with Gasteiger partial charge in [0.05, 0.1) is 10.7 Å². The van der Waals surface area contributed by atoms with E-state index < -0.39 is 0 Å². The fourth-order valence-electron chi connectivity index (χ4n) is 2.68. The van der Waals surface area contributed by atoms with E-state index in [0.29, 0.717) is 6.54 Å². The number of aryl methyl sites for hydroxylation is 3. The van der Waals surface area contributed by atoms with E-state index in [9.17, 15) is 4.79 Å². The molecule has 0 spiro atoms. The highest BCUT2D eigenvalue weighted by Gasteiger charge is 2.13. The number of hydrogen-bond donors (Lipinski definition) is 1. The van der Waals surface area contributed by atoms with Gasteiger partial charge in [-0.05, 0) is 37.3 Å². The molecule has 1 aromatic carbocycles. The Morgan fingerprint density at radius 3 is 2.91 bits per heavy atom. The summed E-state index contributed by atoms with van der Waals surface area (Å²) in [7, 11) is 0. The zero-order valence-electron chi connectivity index (χ0n) is 13.5. The predicted molar refractivity (Wildman–Crippen MR) is 95.1 cm³/mol. The van der Waals surface area contributed by atoms with Crippen LogP contribution in [0.1, 0.15) is 33.7 Å². The zero-order valence-corrected chi connectivity index (χ0v) is 14.3. The topological polar surface area (TPSA) is 46.9 Å². The lowest BCUT2D eigenvalue weighted by molar-refractivity contribution is 0.0956. The summed E-state index contributed by atoms with van der Waals surface area (Å²) < 4.78 is 2.23. The molecule has 5 heteroatoms. The fourth-order valence-corrected chi connectivity index (χ4v) is 3.60. The van der Waals surface area contributed by atoms with Crippen LogP contribution in [0.2, 0.25) is 0 Å². The number of nitrogens with zero attached hydrogens (tertiary/aromatic N) is 2.